The van der Waals surface area contributed by atoms with E-state index in [0.717, 1.165) is 18.8 Å². The zero-order chi connectivity index (χ0) is 12.3. The first-order chi connectivity index (χ1) is 8.18. The molecule has 1 aromatic heterocycles. The normalized spacial score (nSPS) is 17.4. The van der Waals surface area contributed by atoms with Gasteiger partial charge in [0.05, 0.1) is 26.4 Å². The van der Waals surface area contributed by atoms with Crippen LogP contribution in [-0.4, -0.2) is 37.9 Å². The Balaban J connectivity index is 2.09. The van der Waals surface area contributed by atoms with Gasteiger partial charge in [0.25, 0.3) is 0 Å². The Bertz CT molecular complexity index is 391. The molecule has 1 N–H and O–H groups in total. The van der Waals surface area contributed by atoms with E-state index in [4.69, 9.17) is 14.2 Å². The molecule has 1 aliphatic heterocycles. The van der Waals surface area contributed by atoms with Gasteiger partial charge in [-0.25, -0.2) is 0 Å². The Labute approximate surface area is 101 Å². The highest BCUT2D eigenvalue weighted by Gasteiger charge is 2.32. The van der Waals surface area contributed by atoms with Gasteiger partial charge < -0.3 is 19.5 Å². The number of rotatable bonds is 5. The molecular formula is C12H18N2O3. The van der Waals surface area contributed by atoms with Gasteiger partial charge in [-0.15, -0.1) is 0 Å². The molecule has 0 saturated carbocycles. The Kier molecular flexibility index (Phi) is 3.49. The van der Waals surface area contributed by atoms with Crippen molar-refractivity contribution in [3.05, 3.63) is 18.0 Å². The van der Waals surface area contributed by atoms with E-state index in [2.05, 4.69) is 17.2 Å². The van der Waals surface area contributed by atoms with Crippen molar-refractivity contribution in [2.75, 3.05) is 27.3 Å². The summed E-state index contributed by atoms with van der Waals surface area (Å²) >= 11 is 0. The van der Waals surface area contributed by atoms with Crippen molar-refractivity contribution in [2.24, 2.45) is 0 Å². The van der Waals surface area contributed by atoms with Crippen LogP contribution in [0.1, 0.15) is 12.6 Å². The summed E-state index contributed by atoms with van der Waals surface area (Å²) in [5.41, 5.74) is 0.676. The molecule has 5 nitrogen and oxygen atoms in total. The fraction of sp³-hybridized carbons (Fsp3) is 0.583. The van der Waals surface area contributed by atoms with Gasteiger partial charge in [0.2, 0.25) is 0 Å². The second-order valence-corrected chi connectivity index (χ2v) is 4.34. The first kappa shape index (κ1) is 12.1. The maximum absolute atomic E-state index is 5.83. The van der Waals surface area contributed by atoms with E-state index < -0.39 is 0 Å². The number of hydrogen-bond acceptors (Lipinski definition) is 5. The second kappa shape index (κ2) is 4.89. The molecule has 5 heteroatoms. The summed E-state index contributed by atoms with van der Waals surface area (Å²) in [6.45, 7) is 4.26. The standard InChI is InChI=1S/C12H18N2O3/c1-12(7-13-8-12)17-6-9-11(16-3)10(15-2)4-5-14-9/h4-5,13H,6-8H2,1-3H3. The third-order valence-corrected chi connectivity index (χ3v) is 2.92. The van der Waals surface area contributed by atoms with Gasteiger partial charge in [-0.1, -0.05) is 0 Å². The van der Waals surface area contributed by atoms with Crippen LogP contribution < -0.4 is 14.8 Å². The van der Waals surface area contributed by atoms with Crippen LogP contribution in [0.2, 0.25) is 0 Å². The SMILES string of the molecule is COc1ccnc(COC2(C)CNC2)c1OC. The third kappa shape index (κ3) is 2.50. The number of nitrogens with one attached hydrogen (secondary N) is 1. The van der Waals surface area contributed by atoms with Crippen LogP contribution in [0.25, 0.3) is 0 Å². The lowest BCUT2D eigenvalue weighted by Crippen LogP contribution is -2.58. The molecule has 0 aromatic carbocycles. The van der Waals surface area contributed by atoms with Crippen molar-refractivity contribution in [3.63, 3.8) is 0 Å². The Morgan fingerprint density at radius 1 is 1.35 bits per heavy atom. The quantitative estimate of drug-likeness (QED) is 0.828. The summed E-state index contributed by atoms with van der Waals surface area (Å²) in [5.74, 6) is 1.32. The van der Waals surface area contributed by atoms with E-state index in [1.807, 2.05) is 0 Å². The van der Waals surface area contributed by atoms with Gasteiger partial charge in [0.15, 0.2) is 11.5 Å². The topological polar surface area (TPSA) is 52.6 Å². The van der Waals surface area contributed by atoms with Gasteiger partial charge in [0.1, 0.15) is 5.69 Å². The van der Waals surface area contributed by atoms with Gasteiger partial charge in [-0.05, 0) is 6.92 Å². The van der Waals surface area contributed by atoms with E-state index in [-0.39, 0.29) is 5.60 Å². The van der Waals surface area contributed by atoms with Crippen molar-refractivity contribution < 1.29 is 14.2 Å². The molecule has 2 rings (SSSR count). The second-order valence-electron chi connectivity index (χ2n) is 4.34. The molecule has 0 unspecified atom stereocenters. The molecule has 0 aliphatic carbocycles. The first-order valence-corrected chi connectivity index (χ1v) is 5.59. The molecule has 0 amide bonds. The number of hydrogen-bond donors (Lipinski definition) is 1. The third-order valence-electron chi connectivity index (χ3n) is 2.92. The van der Waals surface area contributed by atoms with Crippen LogP contribution in [0.15, 0.2) is 12.3 Å². The summed E-state index contributed by atoms with van der Waals surface area (Å²) in [6, 6.07) is 1.77. The molecule has 1 aromatic rings. The monoisotopic (exact) mass is 238 g/mol. The van der Waals surface area contributed by atoms with Crippen molar-refractivity contribution in [1.82, 2.24) is 10.3 Å². The lowest BCUT2D eigenvalue weighted by molar-refractivity contribution is -0.0783. The maximum atomic E-state index is 5.83. The van der Waals surface area contributed by atoms with Crippen molar-refractivity contribution in [2.45, 2.75) is 19.1 Å². The zero-order valence-electron chi connectivity index (χ0n) is 10.4. The van der Waals surface area contributed by atoms with Crippen LogP contribution in [0.5, 0.6) is 11.5 Å². The van der Waals surface area contributed by atoms with Crippen molar-refractivity contribution in [3.8, 4) is 11.5 Å². The minimum Gasteiger partial charge on any atom is -0.493 e. The van der Waals surface area contributed by atoms with Crippen molar-refractivity contribution >= 4 is 0 Å². The fourth-order valence-electron chi connectivity index (χ4n) is 1.78. The summed E-state index contributed by atoms with van der Waals surface area (Å²) in [5, 5.41) is 3.19. The summed E-state index contributed by atoms with van der Waals surface area (Å²) in [4.78, 5) is 4.27. The molecule has 0 bridgehead atoms. The fourth-order valence-corrected chi connectivity index (χ4v) is 1.78. The Morgan fingerprint density at radius 2 is 2.12 bits per heavy atom. The predicted molar refractivity (Wildman–Crippen MR) is 63.4 cm³/mol. The number of aromatic nitrogens is 1. The van der Waals surface area contributed by atoms with E-state index in [0.29, 0.717) is 18.1 Å². The molecule has 0 atom stereocenters. The van der Waals surface area contributed by atoms with Crippen LogP contribution in [0.4, 0.5) is 0 Å². The highest BCUT2D eigenvalue weighted by Crippen LogP contribution is 2.30. The lowest BCUT2D eigenvalue weighted by Gasteiger charge is -2.39. The summed E-state index contributed by atoms with van der Waals surface area (Å²) in [6.07, 6.45) is 1.70. The van der Waals surface area contributed by atoms with Crippen molar-refractivity contribution in [1.29, 1.82) is 0 Å². The van der Waals surface area contributed by atoms with Crippen LogP contribution in [0.3, 0.4) is 0 Å². The van der Waals surface area contributed by atoms with Gasteiger partial charge >= 0.3 is 0 Å². The maximum Gasteiger partial charge on any atom is 0.184 e. The minimum absolute atomic E-state index is 0.0875. The number of pyridine rings is 1. The van der Waals surface area contributed by atoms with Gasteiger partial charge in [-0.2, -0.15) is 0 Å². The van der Waals surface area contributed by atoms with E-state index in [9.17, 15) is 0 Å². The van der Waals surface area contributed by atoms with Gasteiger partial charge in [0, 0.05) is 25.4 Å². The predicted octanol–water partition coefficient (Wildman–Crippen LogP) is 0.977. The zero-order valence-corrected chi connectivity index (χ0v) is 10.4. The molecule has 2 heterocycles. The summed E-state index contributed by atoms with van der Waals surface area (Å²) in [7, 11) is 3.22. The van der Waals surface area contributed by atoms with E-state index in [1.54, 1.807) is 26.5 Å². The largest absolute Gasteiger partial charge is 0.493 e. The highest BCUT2D eigenvalue weighted by molar-refractivity contribution is 5.42. The average Bonchev–Trinajstić information content (AvgIpc) is 2.33. The number of nitrogens with zero attached hydrogens (tertiary/aromatic N) is 1. The molecule has 1 saturated heterocycles. The van der Waals surface area contributed by atoms with Gasteiger partial charge in [-0.3, -0.25) is 4.98 Å². The molecule has 0 spiro atoms. The highest BCUT2D eigenvalue weighted by atomic mass is 16.5. The molecule has 1 fully saturated rings. The summed E-state index contributed by atoms with van der Waals surface area (Å²) < 4.78 is 16.4. The van der Waals surface area contributed by atoms with Crippen LogP contribution in [-0.2, 0) is 11.3 Å². The lowest BCUT2D eigenvalue weighted by atomic mass is 10.0. The molecule has 1 aliphatic rings. The van der Waals surface area contributed by atoms with E-state index in [1.165, 1.54) is 0 Å². The van der Waals surface area contributed by atoms with E-state index >= 15 is 0 Å². The number of methoxy groups -OCH3 is 2. The Morgan fingerprint density at radius 3 is 2.65 bits per heavy atom. The number of ether oxygens (including phenoxy) is 3. The van der Waals surface area contributed by atoms with Crippen LogP contribution >= 0.6 is 0 Å². The minimum atomic E-state index is -0.0875. The Hall–Kier alpha value is -1.33. The first-order valence-electron chi connectivity index (χ1n) is 5.59. The van der Waals surface area contributed by atoms with Crippen LogP contribution in [0, 0.1) is 0 Å². The smallest absolute Gasteiger partial charge is 0.184 e. The molecule has 94 valence electrons. The average molecular weight is 238 g/mol. The molecule has 17 heavy (non-hydrogen) atoms. The molecular weight excluding hydrogens is 220 g/mol. The molecule has 0 radical (unpaired) electrons.